The molecule has 132 valence electrons. The molecule has 0 radical (unpaired) electrons. The van der Waals surface area contributed by atoms with Crippen molar-refractivity contribution < 1.29 is 4.79 Å². The molecule has 0 unspecified atom stereocenters. The number of thiocarbonyl (C=S) groups is 1. The highest BCUT2D eigenvalue weighted by Crippen LogP contribution is 2.16. The Morgan fingerprint density at radius 1 is 1.08 bits per heavy atom. The lowest BCUT2D eigenvalue weighted by Gasteiger charge is -2.14. The van der Waals surface area contributed by atoms with Crippen molar-refractivity contribution >= 4 is 28.9 Å². The van der Waals surface area contributed by atoms with Crippen molar-refractivity contribution in [2.24, 2.45) is 0 Å². The van der Waals surface area contributed by atoms with Crippen LogP contribution in [0.3, 0.4) is 0 Å². The second kappa shape index (κ2) is 7.70. The van der Waals surface area contributed by atoms with Crippen LogP contribution in [0.25, 0.3) is 5.69 Å². The number of carbonyl (C=O) groups excluding carboxylic acids is 1. The van der Waals surface area contributed by atoms with E-state index >= 15 is 0 Å². The number of nitrogens with one attached hydrogen (secondary N) is 3. The summed E-state index contributed by atoms with van der Waals surface area (Å²) < 4.78 is 1.50. The van der Waals surface area contributed by atoms with Crippen LogP contribution in [0.15, 0.2) is 48.8 Å². The Balaban J connectivity index is 1.56. The fourth-order valence-electron chi connectivity index (χ4n) is 2.25. The minimum absolute atomic E-state index is 0.303. The number of carbonyl (C=O) groups is 1. The van der Waals surface area contributed by atoms with E-state index in [4.69, 9.17) is 12.2 Å². The second-order valence-corrected chi connectivity index (χ2v) is 6.06. The normalized spacial score (nSPS) is 10.2. The molecule has 0 bridgehead atoms. The van der Waals surface area contributed by atoms with E-state index in [2.05, 4.69) is 31.7 Å². The third-order valence-electron chi connectivity index (χ3n) is 3.67. The van der Waals surface area contributed by atoms with Gasteiger partial charge in [-0.2, -0.15) is 0 Å². The molecule has 0 atom stereocenters. The van der Waals surface area contributed by atoms with Gasteiger partial charge >= 0.3 is 0 Å². The van der Waals surface area contributed by atoms with E-state index in [0.29, 0.717) is 10.7 Å². The minimum Gasteiger partial charge on any atom is -0.331 e. The average molecular weight is 367 g/mol. The molecule has 0 aliphatic rings. The summed E-state index contributed by atoms with van der Waals surface area (Å²) >= 11 is 5.22. The fourth-order valence-corrected chi connectivity index (χ4v) is 2.42. The van der Waals surface area contributed by atoms with Gasteiger partial charge in [0.15, 0.2) is 5.11 Å². The van der Waals surface area contributed by atoms with E-state index in [-0.39, 0.29) is 5.91 Å². The lowest BCUT2D eigenvalue weighted by atomic mass is 10.1. The topological polar surface area (TPSA) is 96.8 Å². The van der Waals surface area contributed by atoms with Crippen molar-refractivity contribution in [1.82, 2.24) is 31.1 Å². The number of aromatic nitrogens is 4. The van der Waals surface area contributed by atoms with Crippen LogP contribution in [0.2, 0.25) is 0 Å². The molecule has 1 heterocycles. The number of aryl methyl sites for hydroxylation is 2. The molecule has 0 fully saturated rings. The monoisotopic (exact) mass is 367 g/mol. The van der Waals surface area contributed by atoms with Crippen molar-refractivity contribution in [3.8, 4) is 5.69 Å². The van der Waals surface area contributed by atoms with Gasteiger partial charge in [0.05, 0.1) is 5.69 Å². The van der Waals surface area contributed by atoms with Crippen molar-refractivity contribution in [3.63, 3.8) is 0 Å². The van der Waals surface area contributed by atoms with Gasteiger partial charge in [0, 0.05) is 11.3 Å². The maximum Gasteiger partial charge on any atom is 0.269 e. The molecule has 2 aromatic carbocycles. The number of hydrogen-bond donors (Lipinski definition) is 3. The van der Waals surface area contributed by atoms with Gasteiger partial charge in [0.25, 0.3) is 5.91 Å². The van der Waals surface area contributed by atoms with E-state index in [1.54, 1.807) is 24.3 Å². The molecule has 0 aliphatic carbocycles. The zero-order valence-corrected chi connectivity index (χ0v) is 15.0. The van der Waals surface area contributed by atoms with Gasteiger partial charge in [-0.3, -0.25) is 15.6 Å². The Labute approximate surface area is 155 Å². The van der Waals surface area contributed by atoms with Gasteiger partial charge < -0.3 is 5.32 Å². The molecule has 3 rings (SSSR count). The maximum atomic E-state index is 12.2. The highest BCUT2D eigenvalue weighted by atomic mass is 32.1. The Hall–Kier alpha value is -3.33. The highest BCUT2D eigenvalue weighted by Gasteiger charge is 2.07. The van der Waals surface area contributed by atoms with Gasteiger partial charge in [-0.05, 0) is 78.0 Å². The van der Waals surface area contributed by atoms with Gasteiger partial charge in [-0.25, -0.2) is 4.68 Å². The number of rotatable bonds is 3. The number of hydrogen-bond acceptors (Lipinski definition) is 5. The molecule has 9 heteroatoms. The van der Waals surface area contributed by atoms with Crippen LogP contribution >= 0.6 is 12.2 Å². The predicted octanol–water partition coefficient (Wildman–Crippen LogP) is 1.91. The smallest absolute Gasteiger partial charge is 0.269 e. The van der Waals surface area contributed by atoms with E-state index in [1.807, 2.05) is 32.0 Å². The SMILES string of the molecule is Cc1ccc(C)c(NC(=S)NNC(=O)c2ccc(-n3cnnn3)cc2)c1. The third kappa shape index (κ3) is 4.19. The minimum atomic E-state index is -0.307. The second-order valence-electron chi connectivity index (χ2n) is 5.65. The molecular formula is C17H17N7OS. The quantitative estimate of drug-likeness (QED) is 0.481. The van der Waals surface area contributed by atoms with Crippen LogP contribution in [-0.4, -0.2) is 31.2 Å². The van der Waals surface area contributed by atoms with Crippen LogP contribution in [-0.2, 0) is 0 Å². The first-order valence-electron chi connectivity index (χ1n) is 7.81. The molecule has 0 spiro atoms. The maximum absolute atomic E-state index is 12.2. The summed E-state index contributed by atoms with van der Waals surface area (Å²) in [6.07, 6.45) is 1.48. The number of amides is 1. The first-order chi connectivity index (χ1) is 12.5. The first-order valence-corrected chi connectivity index (χ1v) is 8.22. The molecule has 3 N–H and O–H groups in total. The molecule has 1 aromatic heterocycles. The largest absolute Gasteiger partial charge is 0.331 e. The lowest BCUT2D eigenvalue weighted by Crippen LogP contribution is -2.43. The van der Waals surface area contributed by atoms with Crippen LogP contribution in [0.4, 0.5) is 5.69 Å². The summed E-state index contributed by atoms with van der Waals surface area (Å²) in [6, 6.07) is 12.9. The van der Waals surface area contributed by atoms with E-state index < -0.39 is 0 Å². The highest BCUT2D eigenvalue weighted by molar-refractivity contribution is 7.80. The number of anilines is 1. The molecule has 3 aromatic rings. The summed E-state index contributed by atoms with van der Waals surface area (Å²) in [5.41, 5.74) is 9.57. The van der Waals surface area contributed by atoms with E-state index in [1.165, 1.54) is 11.0 Å². The fraction of sp³-hybridized carbons (Fsp3) is 0.118. The Bertz CT molecular complexity index is 923. The van der Waals surface area contributed by atoms with E-state index in [0.717, 1.165) is 22.5 Å². The first kappa shape index (κ1) is 17.5. The molecule has 0 saturated carbocycles. The molecule has 0 saturated heterocycles. The zero-order valence-electron chi connectivity index (χ0n) is 14.2. The van der Waals surface area contributed by atoms with Crippen molar-refractivity contribution in [3.05, 3.63) is 65.5 Å². The summed E-state index contributed by atoms with van der Waals surface area (Å²) in [7, 11) is 0. The molecule has 26 heavy (non-hydrogen) atoms. The Morgan fingerprint density at radius 3 is 2.54 bits per heavy atom. The van der Waals surface area contributed by atoms with Gasteiger partial charge in [0.2, 0.25) is 0 Å². The van der Waals surface area contributed by atoms with Gasteiger partial charge in [0.1, 0.15) is 6.33 Å². The van der Waals surface area contributed by atoms with Crippen LogP contribution in [0.5, 0.6) is 0 Å². The summed E-state index contributed by atoms with van der Waals surface area (Å²) in [5, 5.41) is 14.3. The van der Waals surface area contributed by atoms with E-state index in [9.17, 15) is 4.79 Å². The third-order valence-corrected chi connectivity index (χ3v) is 3.88. The molecule has 1 amide bonds. The van der Waals surface area contributed by atoms with Crippen molar-refractivity contribution in [1.29, 1.82) is 0 Å². The summed E-state index contributed by atoms with van der Waals surface area (Å²) in [6.45, 7) is 3.98. The van der Waals surface area contributed by atoms with Crippen molar-refractivity contribution in [2.75, 3.05) is 5.32 Å². The van der Waals surface area contributed by atoms with Crippen molar-refractivity contribution in [2.45, 2.75) is 13.8 Å². The van der Waals surface area contributed by atoms with Gasteiger partial charge in [-0.15, -0.1) is 5.10 Å². The summed E-state index contributed by atoms with van der Waals surface area (Å²) in [4.78, 5) is 12.2. The molecular weight excluding hydrogens is 350 g/mol. The summed E-state index contributed by atoms with van der Waals surface area (Å²) in [5.74, 6) is -0.307. The van der Waals surface area contributed by atoms with Gasteiger partial charge in [-0.1, -0.05) is 12.1 Å². The lowest BCUT2D eigenvalue weighted by molar-refractivity contribution is 0.0944. The Kier molecular flexibility index (Phi) is 5.18. The molecule has 0 aliphatic heterocycles. The number of nitrogens with zero attached hydrogens (tertiary/aromatic N) is 4. The standard InChI is InChI=1S/C17H17N7OS/c1-11-3-4-12(2)15(9-11)19-17(26)21-20-16(25)13-5-7-14(8-6-13)24-10-18-22-23-24/h3-10H,1-2H3,(H,20,25)(H2,19,21,26). The molecule has 8 nitrogen and oxygen atoms in total. The van der Waals surface area contributed by atoms with Crippen LogP contribution in [0, 0.1) is 13.8 Å². The van der Waals surface area contributed by atoms with Crippen LogP contribution < -0.4 is 16.2 Å². The number of benzene rings is 2. The van der Waals surface area contributed by atoms with Crippen LogP contribution in [0.1, 0.15) is 21.5 Å². The zero-order chi connectivity index (χ0) is 18.5. The number of hydrazine groups is 1. The average Bonchev–Trinajstić information content (AvgIpc) is 3.17. The Morgan fingerprint density at radius 2 is 1.85 bits per heavy atom. The predicted molar refractivity (Wildman–Crippen MR) is 102 cm³/mol. The number of tetrazole rings is 1.